The Morgan fingerprint density at radius 2 is 1.73 bits per heavy atom. The Labute approximate surface area is 373 Å². The summed E-state index contributed by atoms with van der Waals surface area (Å²) in [4.78, 5) is 55.8. The number of likely N-dealkylation sites (tertiary alicyclic amines) is 1. The van der Waals surface area contributed by atoms with Crippen LogP contribution in [0.1, 0.15) is 62.4 Å². The monoisotopic (exact) mass is 932 g/mol. The molecule has 21 heteroatoms. The second kappa shape index (κ2) is 19.2. The molecule has 18 nitrogen and oxygen atoms in total. The van der Waals surface area contributed by atoms with Gasteiger partial charge in [-0.15, -0.1) is 23.4 Å². The lowest BCUT2D eigenvalue weighted by Gasteiger charge is -2.53. The summed E-state index contributed by atoms with van der Waals surface area (Å²) in [7, 11) is 4.95. The van der Waals surface area contributed by atoms with Gasteiger partial charge in [-0.25, -0.2) is 0 Å². The van der Waals surface area contributed by atoms with Crippen LogP contribution in [0.25, 0.3) is 0 Å². The minimum atomic E-state index is -2.83. The molecule has 2 saturated heterocycles. The average Bonchev–Trinajstić information content (AvgIpc) is 3.57. The number of rotatable bonds is 10. The second-order valence-electron chi connectivity index (χ2n) is 17.1. The molecule has 2 aliphatic heterocycles. The number of aromatic hydroxyl groups is 1. The fourth-order valence-electron chi connectivity index (χ4n) is 9.84. The number of hydrogen-bond acceptors (Lipinski definition) is 17. The molecule has 2 heterocycles. The van der Waals surface area contributed by atoms with Crippen LogP contribution >= 0.6 is 35.0 Å². The topological polar surface area (TPSA) is 290 Å². The molecule has 11 N–H and O–H groups in total. The molecule has 0 radical (unpaired) electrons. The number of nitrogens with one attached hydrogen (secondary N) is 2. The number of alkyl halides is 1. The number of benzene rings is 1. The van der Waals surface area contributed by atoms with E-state index in [1.807, 2.05) is 17.3 Å². The predicted molar refractivity (Wildman–Crippen MR) is 227 cm³/mol. The second-order valence-corrected chi connectivity index (χ2v) is 19.1. The molecule has 14 atom stereocenters. The van der Waals surface area contributed by atoms with Gasteiger partial charge in [-0.2, -0.15) is 0 Å². The minimum absolute atomic E-state index is 0.00916. The molecule has 1 aromatic rings. The van der Waals surface area contributed by atoms with Crippen LogP contribution in [0.15, 0.2) is 34.8 Å². The summed E-state index contributed by atoms with van der Waals surface area (Å²) >= 11 is 13.8. The number of phenolic OH excluding ortho intramolecular Hbond substituents is 1. The summed E-state index contributed by atoms with van der Waals surface area (Å²) < 4.78 is 5.79. The van der Waals surface area contributed by atoms with E-state index in [9.17, 15) is 60.0 Å². The molecular weight excluding hydrogens is 875 g/mol. The lowest BCUT2D eigenvalue weighted by Crippen LogP contribution is -2.65. The molecule has 1 aromatic carbocycles. The van der Waals surface area contributed by atoms with Gasteiger partial charge in [0.1, 0.15) is 59.4 Å². The van der Waals surface area contributed by atoms with Crippen molar-refractivity contribution in [2.45, 2.75) is 111 Å². The molecule has 0 saturated carbocycles. The van der Waals surface area contributed by atoms with Gasteiger partial charge in [-0.05, 0) is 78.6 Å². The van der Waals surface area contributed by atoms with E-state index in [-0.39, 0.29) is 34.5 Å². The molecule has 62 heavy (non-hydrogen) atoms. The van der Waals surface area contributed by atoms with Crippen LogP contribution in [0.5, 0.6) is 5.75 Å². The highest BCUT2D eigenvalue weighted by Gasteiger charge is 2.66. The highest BCUT2D eigenvalue weighted by molar-refractivity contribution is 7.99. The van der Waals surface area contributed by atoms with Crippen LogP contribution in [-0.4, -0.2) is 179 Å². The van der Waals surface area contributed by atoms with Gasteiger partial charge in [0.05, 0.1) is 34.7 Å². The largest absolute Gasteiger partial charge is 0.510 e. The molecule has 2 amide bonds. The van der Waals surface area contributed by atoms with Crippen molar-refractivity contribution < 1.29 is 69.9 Å². The van der Waals surface area contributed by atoms with Gasteiger partial charge in [-0.3, -0.25) is 29.0 Å². The van der Waals surface area contributed by atoms with Crippen molar-refractivity contribution in [2.75, 3.05) is 40.7 Å². The van der Waals surface area contributed by atoms with Gasteiger partial charge in [0.2, 0.25) is 11.7 Å². The summed E-state index contributed by atoms with van der Waals surface area (Å²) in [5, 5.41) is 99.8. The maximum absolute atomic E-state index is 13.5. The third kappa shape index (κ3) is 8.60. The first kappa shape index (κ1) is 50.0. The number of thioether (sulfide) groups is 1. The Morgan fingerprint density at radius 1 is 1.08 bits per heavy atom. The molecule has 1 unspecified atom stereocenters. The Hall–Kier alpha value is -3.05. The van der Waals surface area contributed by atoms with Crippen LogP contribution in [0.2, 0.25) is 5.02 Å². The van der Waals surface area contributed by atoms with Gasteiger partial charge in [0.15, 0.2) is 11.4 Å². The zero-order valence-electron chi connectivity index (χ0n) is 35.5. The average molecular weight is 934 g/mol. The first-order valence-corrected chi connectivity index (χ1v) is 22.4. The first-order valence-electron chi connectivity index (χ1n) is 20.3. The number of carbonyl (C=O) groups excluding carboxylic acids is 4. The van der Waals surface area contributed by atoms with E-state index >= 15 is 0 Å². The zero-order chi connectivity index (χ0) is 46.5. The van der Waals surface area contributed by atoms with Crippen molar-refractivity contribution >= 4 is 58.3 Å². The quantitative estimate of drug-likeness (QED) is 0.0861. The summed E-state index contributed by atoms with van der Waals surface area (Å²) in [6.07, 6.45) is -0.382. The lowest BCUT2D eigenvalue weighted by atomic mass is 9.55. The van der Waals surface area contributed by atoms with Crippen molar-refractivity contribution in [1.29, 1.82) is 0 Å². The standard InChI is InChI=1S/C23H25ClN2O9.C18H33ClN2O5S/c1-22(34)8-6-9-16(26(2)3)18(30)14(21(33)25-7-27)20(32)23(9,35)19(31)12(8)17(29)13-11(28)5-4-10(24)15(13)22;1-5-6-10-7-11(21(3)8-10)17(25)20-12(9(2)19)16-14(23)13(22)15(24)18(26-16)27-4/h4-5,8-9,16,27-28,30-31,34-35H,6-7H2,1-3H3,(H,25,33);9-16,18,22-24H,5-8H2,1-4H3,(H,20,25)/t8?,9-,16-,22-,23-;9-,10+,11-,12+,13-,14+,15+,16+,18+/m00/s1. The van der Waals surface area contributed by atoms with Crippen LogP contribution in [0, 0.1) is 17.8 Å². The van der Waals surface area contributed by atoms with E-state index in [2.05, 4.69) is 12.2 Å². The van der Waals surface area contributed by atoms with E-state index in [1.165, 1.54) is 43.7 Å². The smallest absolute Gasteiger partial charge is 0.260 e. The number of phenols is 1. The van der Waals surface area contributed by atoms with Crippen molar-refractivity contribution in [3.8, 4) is 5.75 Å². The molecular formula is C41H58Cl2N4O14S. The van der Waals surface area contributed by atoms with Crippen molar-refractivity contribution in [3.05, 3.63) is 50.9 Å². The normalized spacial score (nSPS) is 35.7. The molecule has 6 rings (SSSR count). The SMILES string of the molecule is CCC[C@@H]1C[C@@H](C(=O)N[C@@H]([C@H]2O[C@H](SC)[C@H](O)[C@@H](O)[C@H]2O)[C@H](C)Cl)N(C)C1.CN(C)[C@@H]1C(O)=C(C(=O)NCO)C(=O)[C@@]2(O)C(O)=C3C(=O)c4c(O)ccc(Cl)c4[C@@](C)(O)C3C[C@@H]12. The summed E-state index contributed by atoms with van der Waals surface area (Å²) in [6, 6.07) is 0.308. The Bertz CT molecular complexity index is 1980. The van der Waals surface area contributed by atoms with E-state index in [0.717, 1.165) is 31.9 Å². The number of carbonyl (C=O) groups is 4. The summed E-state index contributed by atoms with van der Waals surface area (Å²) in [5.74, 6) is -7.97. The Balaban J connectivity index is 0.000000243. The Morgan fingerprint density at radius 3 is 2.29 bits per heavy atom. The zero-order valence-corrected chi connectivity index (χ0v) is 37.8. The number of ether oxygens (including phenoxy) is 1. The van der Waals surface area contributed by atoms with E-state index in [4.69, 9.17) is 33.0 Å². The van der Waals surface area contributed by atoms with Crippen LogP contribution in [0.3, 0.4) is 0 Å². The fraction of sp³-hybridized carbons (Fsp3) is 0.659. The van der Waals surface area contributed by atoms with E-state index in [1.54, 1.807) is 13.2 Å². The molecule has 0 spiro atoms. The number of halogens is 2. The lowest BCUT2D eigenvalue weighted by molar-refractivity contribution is -0.205. The number of Topliss-reactive ketones (excluding diaryl/α,β-unsaturated/α-hetero) is 2. The molecule has 346 valence electrons. The van der Waals surface area contributed by atoms with Gasteiger partial charge < -0.3 is 61.3 Å². The van der Waals surface area contributed by atoms with Gasteiger partial charge in [0.25, 0.3) is 5.91 Å². The van der Waals surface area contributed by atoms with Gasteiger partial charge in [-0.1, -0.05) is 24.9 Å². The number of amides is 2. The van der Waals surface area contributed by atoms with Gasteiger partial charge >= 0.3 is 0 Å². The van der Waals surface area contributed by atoms with E-state index < -0.39 is 123 Å². The van der Waals surface area contributed by atoms with Crippen molar-refractivity contribution in [2.24, 2.45) is 17.8 Å². The molecule has 2 fully saturated rings. The number of nitrogens with zero attached hydrogens (tertiary/aromatic N) is 2. The number of likely N-dealkylation sites (N-methyl/N-ethyl adjacent to an activating group) is 2. The molecule has 0 aromatic heterocycles. The van der Waals surface area contributed by atoms with Crippen molar-refractivity contribution in [1.82, 2.24) is 20.4 Å². The van der Waals surface area contributed by atoms with Crippen LogP contribution in [-0.2, 0) is 24.7 Å². The molecule has 0 bridgehead atoms. The van der Waals surface area contributed by atoms with Gasteiger partial charge in [0, 0.05) is 34.5 Å². The number of ketones is 2. The highest BCUT2D eigenvalue weighted by Crippen LogP contribution is 2.57. The predicted octanol–water partition coefficient (Wildman–Crippen LogP) is 0.409. The third-order valence-corrected chi connectivity index (χ3v) is 14.4. The van der Waals surface area contributed by atoms with E-state index in [0.29, 0.717) is 5.92 Å². The highest BCUT2D eigenvalue weighted by atomic mass is 35.5. The molecule has 3 aliphatic carbocycles. The van der Waals surface area contributed by atoms with Crippen LogP contribution in [0.4, 0.5) is 0 Å². The number of fused-ring (bicyclic) bond motifs is 3. The van der Waals surface area contributed by atoms with Crippen molar-refractivity contribution in [3.63, 3.8) is 0 Å². The number of aliphatic hydroxyl groups is 8. The summed E-state index contributed by atoms with van der Waals surface area (Å²) in [5.41, 5.74) is -7.30. The molecule has 5 aliphatic rings. The maximum atomic E-state index is 13.5. The third-order valence-electron chi connectivity index (χ3n) is 12.9. The first-order chi connectivity index (χ1) is 28.9. The Kier molecular flexibility index (Phi) is 15.5. The number of hydrogen-bond donors (Lipinski definition) is 11. The van der Waals surface area contributed by atoms with Crippen LogP contribution < -0.4 is 10.6 Å². The minimum Gasteiger partial charge on any atom is -0.510 e. The fourth-order valence-corrected chi connectivity index (χ4v) is 11.1. The number of aliphatic hydroxyl groups excluding tert-OH is 6. The summed E-state index contributed by atoms with van der Waals surface area (Å²) in [6.45, 7) is 5.20. The maximum Gasteiger partial charge on any atom is 0.260 e.